The van der Waals surface area contributed by atoms with E-state index in [0.29, 0.717) is 33.3 Å². The summed E-state index contributed by atoms with van der Waals surface area (Å²) in [7, 11) is -4.04. The zero-order valence-electron chi connectivity index (χ0n) is 17.9. The molecule has 1 heterocycles. The molecule has 9 nitrogen and oxygen atoms in total. The number of furan rings is 1. The lowest BCUT2D eigenvalue weighted by Crippen LogP contribution is -2.16. The van der Waals surface area contributed by atoms with E-state index in [1.54, 1.807) is 60.7 Å². The second kappa shape index (κ2) is 8.83. The Morgan fingerprint density at radius 3 is 2.35 bits per heavy atom. The van der Waals surface area contributed by atoms with Crippen molar-refractivity contribution in [2.45, 2.75) is 0 Å². The molecule has 0 atom stereocenters. The van der Waals surface area contributed by atoms with E-state index < -0.39 is 22.0 Å². The molecule has 4 aromatic rings. The van der Waals surface area contributed by atoms with Gasteiger partial charge in [0.05, 0.1) is 18.1 Å². The Labute approximate surface area is 194 Å². The van der Waals surface area contributed by atoms with Gasteiger partial charge in [-0.1, -0.05) is 18.2 Å². The van der Waals surface area contributed by atoms with Crippen molar-refractivity contribution in [3.63, 3.8) is 0 Å². The van der Waals surface area contributed by atoms with Gasteiger partial charge in [-0.25, -0.2) is 4.79 Å². The molecule has 1 amide bonds. The van der Waals surface area contributed by atoms with Gasteiger partial charge >= 0.3 is 16.1 Å². The molecule has 0 radical (unpaired) electrons. The molecule has 0 saturated heterocycles. The normalized spacial score (nSPS) is 11.2. The Morgan fingerprint density at radius 2 is 1.68 bits per heavy atom. The van der Waals surface area contributed by atoms with E-state index >= 15 is 0 Å². The monoisotopic (exact) mass is 477 g/mol. The molecule has 0 bridgehead atoms. The number of nitrogens with one attached hydrogen (secondary N) is 2. The number of nitrogen functional groups attached to an aromatic ring is 1. The lowest BCUT2D eigenvalue weighted by molar-refractivity contribution is 0.0748. The molecule has 0 unspecified atom stereocenters. The fraction of sp³-hybridized carbons (Fsp3) is 0.0417. The van der Waals surface area contributed by atoms with Crippen LogP contribution < -0.4 is 11.1 Å². The van der Waals surface area contributed by atoms with Gasteiger partial charge in [0, 0.05) is 22.2 Å². The summed E-state index contributed by atoms with van der Waals surface area (Å²) in [6.07, 6.45) is 2.25. The highest BCUT2D eigenvalue weighted by atomic mass is 32.2. The van der Waals surface area contributed by atoms with E-state index in [9.17, 15) is 18.0 Å². The number of nitrogens with two attached hydrogens (primary N) is 1. The Kier molecular flexibility index (Phi) is 5.91. The van der Waals surface area contributed by atoms with Crippen molar-refractivity contribution in [2.75, 3.05) is 11.6 Å². The molecule has 0 aliphatic heterocycles. The number of fused-ring (bicyclic) bond motifs is 1. The summed E-state index contributed by atoms with van der Waals surface area (Å²) < 4.78 is 33.0. The van der Waals surface area contributed by atoms with Crippen molar-refractivity contribution in [1.29, 1.82) is 5.41 Å². The average molecular weight is 477 g/mol. The molecule has 10 heteroatoms. The van der Waals surface area contributed by atoms with Crippen LogP contribution >= 0.6 is 0 Å². The first-order chi connectivity index (χ1) is 16.1. The summed E-state index contributed by atoms with van der Waals surface area (Å²) >= 11 is 0. The summed E-state index contributed by atoms with van der Waals surface area (Å²) in [5.41, 5.74) is 7.77. The van der Waals surface area contributed by atoms with Gasteiger partial charge < -0.3 is 19.7 Å². The summed E-state index contributed by atoms with van der Waals surface area (Å²) in [6.45, 7) is 0. The summed E-state index contributed by atoms with van der Waals surface area (Å²) in [4.78, 5) is 25.9. The number of amides is 1. The number of hydrogen-bond acceptors (Lipinski definition) is 7. The molecule has 0 saturated carbocycles. The molecular formula is C24H19N3O6S. The molecule has 0 fully saturated rings. The van der Waals surface area contributed by atoms with Gasteiger partial charge in [0.25, 0.3) is 5.91 Å². The van der Waals surface area contributed by atoms with Crippen LogP contribution in [0.2, 0.25) is 0 Å². The molecule has 0 spiro atoms. The lowest BCUT2D eigenvalue weighted by Gasteiger charge is -2.14. The zero-order chi connectivity index (χ0) is 24.5. The van der Waals surface area contributed by atoms with Gasteiger partial charge in [0.15, 0.2) is 0 Å². The molecule has 34 heavy (non-hydrogen) atoms. The first-order valence-electron chi connectivity index (χ1n) is 9.92. The highest BCUT2D eigenvalue weighted by molar-refractivity contribution is 7.86. The third-order valence-electron chi connectivity index (χ3n) is 4.96. The van der Waals surface area contributed by atoms with Crippen LogP contribution in [0.1, 0.15) is 26.3 Å². The van der Waals surface area contributed by atoms with Gasteiger partial charge in [-0.15, -0.1) is 0 Å². The van der Waals surface area contributed by atoms with Crippen LogP contribution in [0, 0.1) is 5.41 Å². The minimum Gasteiger partial charge on any atom is -0.464 e. The maximum absolute atomic E-state index is 13.3. The van der Waals surface area contributed by atoms with Gasteiger partial charge in [0.1, 0.15) is 11.4 Å². The van der Waals surface area contributed by atoms with E-state index in [0.717, 1.165) is 6.26 Å². The van der Waals surface area contributed by atoms with E-state index in [-0.39, 0.29) is 17.0 Å². The largest absolute Gasteiger partial charge is 0.464 e. The number of carbonyl (C=O) groups excluding carboxylic acids is 2. The van der Waals surface area contributed by atoms with E-state index in [4.69, 9.17) is 15.6 Å². The Bertz CT molecular complexity index is 1540. The van der Waals surface area contributed by atoms with Crippen molar-refractivity contribution in [3.05, 3.63) is 89.7 Å². The maximum Gasteiger partial charge on any atom is 0.354 e. The fourth-order valence-corrected chi connectivity index (χ4v) is 3.79. The number of amidine groups is 1. The summed E-state index contributed by atoms with van der Waals surface area (Å²) in [5.74, 6) is -1.63. The highest BCUT2D eigenvalue weighted by Gasteiger charge is 2.23. The van der Waals surface area contributed by atoms with Crippen LogP contribution in [0.15, 0.2) is 77.4 Å². The quantitative estimate of drug-likeness (QED) is 0.217. The van der Waals surface area contributed by atoms with Crippen LogP contribution in [0.5, 0.6) is 0 Å². The number of benzene rings is 3. The predicted octanol–water partition coefficient (Wildman–Crippen LogP) is 3.75. The predicted molar refractivity (Wildman–Crippen MR) is 127 cm³/mol. The van der Waals surface area contributed by atoms with Crippen molar-refractivity contribution >= 4 is 44.5 Å². The van der Waals surface area contributed by atoms with Crippen molar-refractivity contribution in [2.24, 2.45) is 5.73 Å². The highest BCUT2D eigenvalue weighted by Crippen LogP contribution is 2.33. The third kappa shape index (κ3) is 4.81. The zero-order valence-corrected chi connectivity index (χ0v) is 18.7. The number of hydrogen-bond donors (Lipinski definition) is 3. The van der Waals surface area contributed by atoms with Gasteiger partial charge in [0.2, 0.25) is 0 Å². The standard InChI is InChI=1S/C24H19N3O6S/c1-34(30,31)33-24(29)18-5-3-2-4-17(18)19-13-21-15(10-11-32-21)12-20(19)23(28)27-16-8-6-14(7-9-16)22(25)26/h2-13H,1H3,(H3,25,26)(H,27,28). The lowest BCUT2D eigenvalue weighted by atomic mass is 9.94. The molecule has 1 aromatic heterocycles. The Morgan fingerprint density at radius 1 is 0.971 bits per heavy atom. The van der Waals surface area contributed by atoms with Crippen molar-refractivity contribution in [3.8, 4) is 11.1 Å². The van der Waals surface area contributed by atoms with Crippen LogP contribution in [-0.4, -0.2) is 32.4 Å². The number of rotatable bonds is 6. The van der Waals surface area contributed by atoms with Crippen molar-refractivity contribution < 1.29 is 26.6 Å². The number of carbonyl (C=O) groups is 2. The second-order valence-electron chi connectivity index (χ2n) is 7.42. The molecule has 0 aliphatic carbocycles. The second-order valence-corrected chi connectivity index (χ2v) is 9.00. The molecule has 0 aliphatic rings. The van der Waals surface area contributed by atoms with Crippen LogP contribution in [0.4, 0.5) is 5.69 Å². The topological polar surface area (TPSA) is 153 Å². The molecule has 4 N–H and O–H groups in total. The molecule has 3 aromatic carbocycles. The third-order valence-corrected chi connectivity index (χ3v) is 5.41. The molecular weight excluding hydrogens is 458 g/mol. The van der Waals surface area contributed by atoms with Crippen LogP contribution in [0.3, 0.4) is 0 Å². The van der Waals surface area contributed by atoms with E-state index in [2.05, 4.69) is 9.50 Å². The first kappa shape index (κ1) is 22.7. The first-order valence-corrected chi connectivity index (χ1v) is 11.7. The minimum absolute atomic E-state index is 0.0290. The fourth-order valence-electron chi connectivity index (χ4n) is 3.43. The van der Waals surface area contributed by atoms with E-state index in [1.807, 2.05) is 0 Å². The maximum atomic E-state index is 13.3. The Balaban J connectivity index is 1.80. The van der Waals surface area contributed by atoms with Crippen LogP contribution in [-0.2, 0) is 14.3 Å². The number of anilines is 1. The summed E-state index contributed by atoms with van der Waals surface area (Å²) in [5, 5.41) is 10.9. The average Bonchev–Trinajstić information content (AvgIpc) is 3.25. The molecule has 172 valence electrons. The van der Waals surface area contributed by atoms with Crippen molar-refractivity contribution in [1.82, 2.24) is 0 Å². The van der Waals surface area contributed by atoms with Gasteiger partial charge in [-0.2, -0.15) is 8.42 Å². The van der Waals surface area contributed by atoms with Crippen LogP contribution in [0.25, 0.3) is 22.1 Å². The Hall–Kier alpha value is -4.44. The SMILES string of the molecule is CS(=O)(=O)OC(=O)c1ccccc1-c1cc2occc2cc1C(=O)Nc1ccc(C(=N)N)cc1. The smallest absolute Gasteiger partial charge is 0.354 e. The summed E-state index contributed by atoms with van der Waals surface area (Å²) in [6, 6.07) is 17.6. The van der Waals surface area contributed by atoms with Gasteiger partial charge in [-0.05, 0) is 59.7 Å². The van der Waals surface area contributed by atoms with Gasteiger partial charge in [-0.3, -0.25) is 10.2 Å². The minimum atomic E-state index is -4.04. The molecule has 4 rings (SSSR count). The van der Waals surface area contributed by atoms with E-state index in [1.165, 1.54) is 12.3 Å².